The van der Waals surface area contributed by atoms with E-state index in [2.05, 4.69) is 33.6 Å². The van der Waals surface area contributed by atoms with E-state index in [9.17, 15) is 4.79 Å². The molecule has 168 valence electrons. The average molecular weight is 458 g/mol. The molecule has 5 heteroatoms. The molecule has 0 atom stereocenters. The molecule has 1 aliphatic carbocycles. The van der Waals surface area contributed by atoms with Gasteiger partial charge in [0.1, 0.15) is 5.82 Å². The van der Waals surface area contributed by atoms with Crippen molar-refractivity contribution in [1.29, 1.82) is 0 Å². The molecule has 1 saturated carbocycles. The summed E-state index contributed by atoms with van der Waals surface area (Å²) in [5.74, 6) is 4.22. The van der Waals surface area contributed by atoms with Gasteiger partial charge in [0, 0.05) is 0 Å². The maximum atomic E-state index is 13.1. The molecule has 1 aromatic heterocycles. The minimum Gasteiger partial charge on any atom is -0.296 e. The van der Waals surface area contributed by atoms with Gasteiger partial charge in [-0.05, 0) is 74.0 Å². The Morgan fingerprint density at radius 1 is 1.12 bits per heavy atom. The largest absolute Gasteiger partial charge is 0.296 e. The number of fused-ring (bicyclic) bond motifs is 7. The lowest BCUT2D eigenvalue weighted by molar-refractivity contribution is 0.236. The number of aromatic nitrogens is 2. The van der Waals surface area contributed by atoms with Gasteiger partial charge in [0.05, 0.1) is 33.6 Å². The van der Waals surface area contributed by atoms with Crippen LogP contribution in [0.15, 0.2) is 41.2 Å². The molecule has 33 heavy (non-hydrogen) atoms. The molecule has 4 nitrogen and oxygen atoms in total. The van der Waals surface area contributed by atoms with Gasteiger partial charge in [-0.3, -0.25) is 14.3 Å². The van der Waals surface area contributed by atoms with E-state index in [4.69, 9.17) is 23.0 Å². The van der Waals surface area contributed by atoms with E-state index in [1.807, 2.05) is 12.1 Å². The summed E-state index contributed by atoms with van der Waals surface area (Å²) in [6.07, 6.45) is 13.4. The van der Waals surface area contributed by atoms with Gasteiger partial charge in [-0.15, -0.1) is 6.42 Å². The van der Waals surface area contributed by atoms with Crippen LogP contribution in [0, 0.1) is 12.3 Å². The first-order valence-corrected chi connectivity index (χ1v) is 12.5. The lowest BCUT2D eigenvalue weighted by atomic mass is 9.69. The second kappa shape index (κ2) is 8.01. The van der Waals surface area contributed by atoms with Crippen molar-refractivity contribution in [3.05, 3.63) is 68.7 Å². The molecule has 1 spiro atoms. The fourth-order valence-electron chi connectivity index (χ4n) is 6.51. The predicted molar refractivity (Wildman–Crippen MR) is 133 cm³/mol. The number of likely N-dealkylation sites (tertiary alicyclic amines) is 1. The van der Waals surface area contributed by atoms with E-state index in [-0.39, 0.29) is 11.0 Å². The van der Waals surface area contributed by atoms with Gasteiger partial charge in [-0.1, -0.05) is 55.0 Å². The molecule has 3 aliphatic rings. The summed E-state index contributed by atoms with van der Waals surface area (Å²) in [4.78, 5) is 20.2. The summed E-state index contributed by atoms with van der Waals surface area (Å²) in [5.41, 5.74) is 4.40. The minimum atomic E-state index is -0.208. The molecule has 0 radical (unpaired) electrons. The first-order valence-electron chi connectivity index (χ1n) is 12.1. The summed E-state index contributed by atoms with van der Waals surface area (Å²) < 4.78 is 2.25. The summed E-state index contributed by atoms with van der Waals surface area (Å²) in [6, 6.07) is 12.8. The van der Waals surface area contributed by atoms with Gasteiger partial charge in [0.25, 0.3) is 5.56 Å². The molecule has 0 N–H and O–H groups in total. The standard InChI is InChI=1S/C28H28ClN3O/c1-2-15-31-16-11-19(12-17-31)20-9-10-21-24(18-20)32-23-8-6-7-22(29)25(23)26(33)30-27(32)28(21)13-4-3-5-14-28/h1,6-10,18-19H,3-5,11-17H2. The Bertz CT molecular complexity index is 1340. The Morgan fingerprint density at radius 2 is 1.91 bits per heavy atom. The number of hydrogen-bond acceptors (Lipinski definition) is 3. The number of nitrogens with zero attached hydrogens (tertiary/aromatic N) is 3. The lowest BCUT2D eigenvalue weighted by Gasteiger charge is -2.34. The number of benzene rings is 2. The number of piperidine rings is 1. The van der Waals surface area contributed by atoms with Crippen molar-refractivity contribution in [2.75, 3.05) is 19.6 Å². The van der Waals surface area contributed by atoms with Crippen molar-refractivity contribution in [3.8, 4) is 18.0 Å². The maximum Gasteiger partial charge on any atom is 0.282 e. The van der Waals surface area contributed by atoms with Crippen LogP contribution in [-0.4, -0.2) is 34.1 Å². The van der Waals surface area contributed by atoms with Crippen molar-refractivity contribution in [2.45, 2.75) is 56.3 Å². The molecule has 2 aromatic carbocycles. The molecule has 3 heterocycles. The number of halogens is 1. The van der Waals surface area contributed by atoms with Crippen LogP contribution >= 0.6 is 11.6 Å². The third-order valence-electron chi connectivity index (χ3n) is 8.15. The number of rotatable bonds is 2. The zero-order valence-corrected chi connectivity index (χ0v) is 19.6. The molecule has 2 aliphatic heterocycles. The highest BCUT2D eigenvalue weighted by molar-refractivity contribution is 6.35. The zero-order chi connectivity index (χ0) is 22.6. The highest BCUT2D eigenvalue weighted by atomic mass is 35.5. The highest BCUT2D eigenvalue weighted by Crippen LogP contribution is 2.52. The normalized spacial score (nSPS) is 20.0. The van der Waals surface area contributed by atoms with E-state index >= 15 is 0 Å². The summed E-state index contributed by atoms with van der Waals surface area (Å²) in [5, 5.41) is 0.998. The molecule has 3 aromatic rings. The smallest absolute Gasteiger partial charge is 0.282 e. The summed E-state index contributed by atoms with van der Waals surface area (Å²) >= 11 is 6.49. The van der Waals surface area contributed by atoms with E-state index in [0.29, 0.717) is 16.3 Å². The Kier molecular flexibility index (Phi) is 5.09. The molecule has 0 amide bonds. The Balaban J connectivity index is 1.53. The van der Waals surface area contributed by atoms with E-state index in [1.165, 1.54) is 23.2 Å². The van der Waals surface area contributed by atoms with Gasteiger partial charge in [-0.25, -0.2) is 0 Å². The lowest BCUT2D eigenvalue weighted by Crippen LogP contribution is -2.33. The molecular weight excluding hydrogens is 430 g/mol. The van der Waals surface area contributed by atoms with Crippen molar-refractivity contribution >= 4 is 22.5 Å². The monoisotopic (exact) mass is 457 g/mol. The summed E-state index contributed by atoms with van der Waals surface area (Å²) in [7, 11) is 0. The van der Waals surface area contributed by atoms with Crippen LogP contribution in [0.5, 0.6) is 0 Å². The van der Waals surface area contributed by atoms with Crippen LogP contribution in [0.2, 0.25) is 5.02 Å². The Labute approximate surface area is 199 Å². The van der Waals surface area contributed by atoms with Gasteiger partial charge in [-0.2, -0.15) is 4.98 Å². The van der Waals surface area contributed by atoms with Crippen molar-refractivity contribution in [3.63, 3.8) is 0 Å². The van der Waals surface area contributed by atoms with Crippen LogP contribution in [0.1, 0.15) is 67.8 Å². The predicted octanol–water partition coefficient (Wildman–Crippen LogP) is 5.42. The number of terminal acetylenes is 1. The first kappa shape index (κ1) is 21.0. The highest BCUT2D eigenvalue weighted by Gasteiger charge is 2.46. The molecule has 0 bridgehead atoms. The van der Waals surface area contributed by atoms with Crippen LogP contribution in [0.4, 0.5) is 0 Å². The second-order valence-corrected chi connectivity index (χ2v) is 10.3. The fraction of sp³-hybridized carbons (Fsp3) is 0.429. The SMILES string of the molecule is C#CCN1CCC(c2ccc3c(c2)-n2c(nc(=O)c4c(Cl)cccc42)C32CCCCC2)CC1. The molecule has 6 rings (SSSR count). The molecule has 2 fully saturated rings. The van der Waals surface area contributed by atoms with Crippen molar-refractivity contribution < 1.29 is 0 Å². The van der Waals surface area contributed by atoms with Gasteiger partial charge in [0.2, 0.25) is 0 Å². The molecular formula is C28H28ClN3O. The van der Waals surface area contributed by atoms with Crippen LogP contribution in [0.3, 0.4) is 0 Å². The third-order valence-corrected chi connectivity index (χ3v) is 8.47. The van der Waals surface area contributed by atoms with Crippen molar-refractivity contribution in [2.24, 2.45) is 0 Å². The van der Waals surface area contributed by atoms with Crippen LogP contribution in [-0.2, 0) is 5.41 Å². The second-order valence-electron chi connectivity index (χ2n) is 9.88. The van der Waals surface area contributed by atoms with Gasteiger partial charge < -0.3 is 0 Å². The van der Waals surface area contributed by atoms with Crippen LogP contribution in [0.25, 0.3) is 16.6 Å². The third kappa shape index (κ3) is 3.17. The van der Waals surface area contributed by atoms with Crippen molar-refractivity contribution in [1.82, 2.24) is 14.5 Å². The van der Waals surface area contributed by atoms with Gasteiger partial charge in [0.15, 0.2) is 0 Å². The maximum absolute atomic E-state index is 13.1. The van der Waals surface area contributed by atoms with E-state index in [1.54, 1.807) is 6.07 Å². The Morgan fingerprint density at radius 3 is 2.67 bits per heavy atom. The first-order chi connectivity index (χ1) is 16.1. The quantitative estimate of drug-likeness (QED) is 0.482. The van der Waals surface area contributed by atoms with E-state index < -0.39 is 0 Å². The molecule has 1 saturated heterocycles. The van der Waals surface area contributed by atoms with Crippen LogP contribution < -0.4 is 5.56 Å². The average Bonchev–Trinajstić information content (AvgIpc) is 3.09. The molecule has 0 unspecified atom stereocenters. The number of hydrogen-bond donors (Lipinski definition) is 0. The topological polar surface area (TPSA) is 38.1 Å². The summed E-state index contributed by atoms with van der Waals surface area (Å²) in [6.45, 7) is 2.82. The van der Waals surface area contributed by atoms with E-state index in [0.717, 1.165) is 69.5 Å². The fourth-order valence-corrected chi connectivity index (χ4v) is 6.76. The zero-order valence-electron chi connectivity index (χ0n) is 18.8. The van der Waals surface area contributed by atoms with Gasteiger partial charge >= 0.3 is 0 Å². The Hall–Kier alpha value is -2.61. The minimum absolute atomic E-state index is 0.169.